The van der Waals surface area contributed by atoms with Gasteiger partial charge >= 0.3 is 0 Å². The van der Waals surface area contributed by atoms with Crippen LogP contribution in [0.25, 0.3) is 0 Å². The molecule has 19 heavy (non-hydrogen) atoms. The maximum absolute atomic E-state index is 8.68. The Hall–Kier alpha value is -2.50. The molecule has 2 rings (SSSR count). The second-order valence-electron chi connectivity index (χ2n) is 4.13. The summed E-state index contributed by atoms with van der Waals surface area (Å²) in [5.41, 5.74) is 8.15. The molecule has 0 atom stereocenters. The molecule has 3 N–H and O–H groups in total. The Labute approximate surface area is 111 Å². The van der Waals surface area contributed by atoms with Crippen molar-refractivity contribution in [1.29, 1.82) is 0 Å². The van der Waals surface area contributed by atoms with Crippen molar-refractivity contribution in [3.63, 3.8) is 0 Å². The summed E-state index contributed by atoms with van der Waals surface area (Å²) in [4.78, 5) is 0. The fourth-order valence-electron chi connectivity index (χ4n) is 1.82. The Morgan fingerprint density at radius 3 is 2.68 bits per heavy atom. The minimum Gasteiger partial charge on any atom is -0.497 e. The zero-order chi connectivity index (χ0) is 13.8. The highest BCUT2D eigenvalue weighted by Crippen LogP contribution is 2.14. The molecule has 0 saturated carbocycles. The second kappa shape index (κ2) is 5.43. The molecule has 6 nitrogen and oxygen atoms in total. The number of benzene rings is 1. The first-order valence-corrected chi connectivity index (χ1v) is 5.79. The third-order valence-electron chi connectivity index (χ3n) is 2.98. The molecule has 100 valence electrons. The third kappa shape index (κ3) is 2.67. The minimum atomic E-state index is 0.0680. The molecule has 0 radical (unpaired) electrons. The number of nitrogens with zero attached hydrogens (tertiary/aromatic N) is 3. The van der Waals surface area contributed by atoms with E-state index < -0.39 is 0 Å². The number of rotatable bonds is 4. The highest BCUT2D eigenvalue weighted by Gasteiger charge is 2.10. The van der Waals surface area contributed by atoms with E-state index in [0.717, 1.165) is 17.0 Å². The molecular formula is C13H16N4O2. The Kier molecular flexibility index (Phi) is 3.70. The van der Waals surface area contributed by atoms with Gasteiger partial charge in [-0.15, -0.1) is 0 Å². The van der Waals surface area contributed by atoms with Crippen molar-refractivity contribution in [2.75, 3.05) is 7.11 Å². The van der Waals surface area contributed by atoms with E-state index >= 15 is 0 Å². The summed E-state index contributed by atoms with van der Waals surface area (Å²) in [5, 5.41) is 15.9. The lowest BCUT2D eigenvalue weighted by molar-refractivity contribution is 0.318. The van der Waals surface area contributed by atoms with Crippen LogP contribution in [0.5, 0.6) is 5.75 Å². The first-order valence-electron chi connectivity index (χ1n) is 5.79. The predicted molar refractivity (Wildman–Crippen MR) is 71.6 cm³/mol. The van der Waals surface area contributed by atoms with Crippen molar-refractivity contribution in [2.24, 2.45) is 10.9 Å². The van der Waals surface area contributed by atoms with E-state index in [1.807, 2.05) is 31.2 Å². The third-order valence-corrected chi connectivity index (χ3v) is 2.98. The van der Waals surface area contributed by atoms with Gasteiger partial charge < -0.3 is 15.7 Å². The van der Waals surface area contributed by atoms with Crippen LogP contribution in [0, 0.1) is 6.92 Å². The molecule has 0 unspecified atom stereocenters. The van der Waals surface area contributed by atoms with E-state index in [9.17, 15) is 0 Å². The molecule has 0 aliphatic carbocycles. The van der Waals surface area contributed by atoms with Gasteiger partial charge in [0.15, 0.2) is 5.84 Å². The normalized spacial score (nSPS) is 11.6. The van der Waals surface area contributed by atoms with Gasteiger partial charge in [-0.3, -0.25) is 4.68 Å². The largest absolute Gasteiger partial charge is 0.497 e. The molecule has 2 aromatic rings. The topological polar surface area (TPSA) is 85.7 Å². The summed E-state index contributed by atoms with van der Waals surface area (Å²) in [7, 11) is 1.63. The maximum Gasteiger partial charge on any atom is 0.173 e. The Morgan fingerprint density at radius 1 is 1.42 bits per heavy atom. The molecule has 0 aliphatic heterocycles. The molecule has 1 heterocycles. The summed E-state index contributed by atoms with van der Waals surface area (Å²) in [6, 6.07) is 7.75. The number of hydrogen-bond donors (Lipinski definition) is 2. The van der Waals surface area contributed by atoms with Crippen LogP contribution in [0.3, 0.4) is 0 Å². The molecule has 6 heteroatoms. The Morgan fingerprint density at radius 2 is 2.11 bits per heavy atom. The SMILES string of the molecule is COc1ccc(Cn2ncc(/C(N)=N/O)c2C)cc1. The number of aromatic nitrogens is 2. The van der Waals surface area contributed by atoms with Gasteiger partial charge in [-0.1, -0.05) is 17.3 Å². The van der Waals surface area contributed by atoms with Crippen molar-refractivity contribution < 1.29 is 9.94 Å². The van der Waals surface area contributed by atoms with Gasteiger partial charge in [-0.2, -0.15) is 5.10 Å². The smallest absolute Gasteiger partial charge is 0.173 e. The lowest BCUT2D eigenvalue weighted by Crippen LogP contribution is -2.14. The molecule has 1 aromatic heterocycles. The lowest BCUT2D eigenvalue weighted by atomic mass is 10.2. The van der Waals surface area contributed by atoms with Crippen LogP contribution >= 0.6 is 0 Å². The van der Waals surface area contributed by atoms with E-state index in [-0.39, 0.29) is 5.84 Å². The van der Waals surface area contributed by atoms with Gasteiger partial charge in [0.05, 0.1) is 25.4 Å². The molecule has 0 aliphatic rings. The summed E-state index contributed by atoms with van der Waals surface area (Å²) < 4.78 is 6.91. The van der Waals surface area contributed by atoms with E-state index in [2.05, 4.69) is 10.3 Å². The van der Waals surface area contributed by atoms with E-state index in [4.69, 9.17) is 15.7 Å². The summed E-state index contributed by atoms with van der Waals surface area (Å²) in [5.74, 6) is 0.886. The van der Waals surface area contributed by atoms with Crippen LogP contribution in [0.2, 0.25) is 0 Å². The Bertz CT molecular complexity index is 587. The van der Waals surface area contributed by atoms with Gasteiger partial charge in [-0.25, -0.2) is 0 Å². The van der Waals surface area contributed by atoms with E-state index in [1.54, 1.807) is 18.0 Å². The number of oxime groups is 1. The van der Waals surface area contributed by atoms with Crippen LogP contribution in [-0.2, 0) is 6.54 Å². The maximum atomic E-state index is 8.68. The fourth-order valence-corrected chi connectivity index (χ4v) is 1.82. The lowest BCUT2D eigenvalue weighted by Gasteiger charge is -2.06. The minimum absolute atomic E-state index is 0.0680. The average Bonchev–Trinajstić information content (AvgIpc) is 2.80. The van der Waals surface area contributed by atoms with Crippen LogP contribution in [0.1, 0.15) is 16.8 Å². The van der Waals surface area contributed by atoms with Crippen LogP contribution < -0.4 is 10.5 Å². The standard InChI is InChI=1S/C13H16N4O2/c1-9-12(13(14)16-18)7-15-17(9)8-10-3-5-11(19-2)6-4-10/h3-7,18H,8H2,1-2H3,(H2,14,16). The summed E-state index contributed by atoms with van der Waals surface area (Å²) in [6.07, 6.45) is 1.59. The molecule has 0 spiro atoms. The first-order chi connectivity index (χ1) is 9.15. The zero-order valence-corrected chi connectivity index (χ0v) is 10.9. The summed E-state index contributed by atoms with van der Waals surface area (Å²) in [6.45, 7) is 2.50. The fraction of sp³-hybridized carbons (Fsp3) is 0.231. The number of ether oxygens (including phenoxy) is 1. The summed E-state index contributed by atoms with van der Waals surface area (Å²) >= 11 is 0. The van der Waals surface area contributed by atoms with Crippen molar-refractivity contribution in [3.05, 3.63) is 47.3 Å². The number of methoxy groups -OCH3 is 1. The number of amidine groups is 1. The number of hydrogen-bond acceptors (Lipinski definition) is 4. The molecule has 1 aromatic carbocycles. The van der Waals surface area contributed by atoms with Crippen LogP contribution in [0.15, 0.2) is 35.6 Å². The molecule has 0 bridgehead atoms. The van der Waals surface area contributed by atoms with Crippen LogP contribution in [0.4, 0.5) is 0 Å². The van der Waals surface area contributed by atoms with E-state index in [0.29, 0.717) is 12.1 Å². The Balaban J connectivity index is 2.21. The highest BCUT2D eigenvalue weighted by atomic mass is 16.5. The van der Waals surface area contributed by atoms with Crippen LogP contribution in [-0.4, -0.2) is 27.9 Å². The average molecular weight is 260 g/mol. The van der Waals surface area contributed by atoms with Gasteiger partial charge in [0.1, 0.15) is 5.75 Å². The van der Waals surface area contributed by atoms with Crippen molar-refractivity contribution in [1.82, 2.24) is 9.78 Å². The monoisotopic (exact) mass is 260 g/mol. The quantitative estimate of drug-likeness (QED) is 0.376. The highest BCUT2D eigenvalue weighted by molar-refractivity contribution is 5.97. The van der Waals surface area contributed by atoms with Crippen molar-refractivity contribution in [2.45, 2.75) is 13.5 Å². The van der Waals surface area contributed by atoms with Crippen molar-refractivity contribution >= 4 is 5.84 Å². The first kappa shape index (κ1) is 12.9. The van der Waals surface area contributed by atoms with Crippen molar-refractivity contribution in [3.8, 4) is 5.75 Å². The molecular weight excluding hydrogens is 244 g/mol. The van der Waals surface area contributed by atoms with Gasteiger partial charge in [-0.05, 0) is 24.6 Å². The van der Waals surface area contributed by atoms with Gasteiger partial charge in [0.25, 0.3) is 0 Å². The molecule has 0 amide bonds. The predicted octanol–water partition coefficient (Wildman–Crippen LogP) is 1.34. The molecule has 0 saturated heterocycles. The van der Waals surface area contributed by atoms with Gasteiger partial charge in [0.2, 0.25) is 0 Å². The van der Waals surface area contributed by atoms with E-state index in [1.165, 1.54) is 0 Å². The molecule has 0 fully saturated rings. The zero-order valence-electron chi connectivity index (χ0n) is 10.9. The number of nitrogens with two attached hydrogens (primary N) is 1. The second-order valence-corrected chi connectivity index (χ2v) is 4.13. The van der Waals surface area contributed by atoms with Gasteiger partial charge in [0, 0.05) is 5.69 Å².